The van der Waals surface area contributed by atoms with Crippen LogP contribution in [0.5, 0.6) is 0 Å². The van der Waals surface area contributed by atoms with Gasteiger partial charge in [-0.3, -0.25) is 9.59 Å². The zero-order valence-electron chi connectivity index (χ0n) is 5.80. The number of Topliss-reactive ketones (excluding diaryl/α,β-unsaturated/α-hetero) is 1. The summed E-state index contributed by atoms with van der Waals surface area (Å²) in [6.07, 6.45) is 1.56. The van der Waals surface area contributed by atoms with E-state index in [4.69, 9.17) is 0 Å². The first-order valence-electron chi connectivity index (χ1n) is 3.20. The van der Waals surface area contributed by atoms with Crippen LogP contribution < -0.4 is 5.32 Å². The van der Waals surface area contributed by atoms with Crippen LogP contribution in [0.3, 0.4) is 0 Å². The lowest BCUT2D eigenvalue weighted by atomic mass is 10.2. The average Bonchev–Trinajstić information content (AvgIpc) is 2.29. The highest BCUT2D eigenvalue weighted by Gasteiger charge is 2.30. The molecule has 60 valence electrons. The summed E-state index contributed by atoms with van der Waals surface area (Å²) in [4.78, 5) is 25.9. The topological polar surface area (TPSA) is 59.1 Å². The molecule has 0 fully saturated rings. The first-order chi connectivity index (χ1) is 5.70. The average molecular weight is 274 g/mol. The van der Waals surface area contributed by atoms with Crippen LogP contribution in [-0.4, -0.2) is 16.7 Å². The Morgan fingerprint density at radius 2 is 2.17 bits per heavy atom. The number of nitrogens with one attached hydrogen (secondary N) is 1. The first-order valence-corrected chi connectivity index (χ1v) is 4.28. The second kappa shape index (κ2) is 2.51. The van der Waals surface area contributed by atoms with Gasteiger partial charge in [0.05, 0.1) is 5.56 Å². The Kier molecular flexibility index (Phi) is 1.60. The minimum atomic E-state index is -0.596. The minimum absolute atomic E-state index is 0.372. The molecule has 0 saturated heterocycles. The SMILES string of the molecule is O=C1Nc2nccc(I)c2C1=O. The van der Waals surface area contributed by atoms with Crippen molar-refractivity contribution in [2.24, 2.45) is 0 Å². The molecule has 1 N–H and O–H groups in total. The number of ketones is 1. The number of aromatic nitrogens is 1. The largest absolute Gasteiger partial charge is 0.303 e. The molecule has 1 amide bonds. The summed E-state index contributed by atoms with van der Waals surface area (Å²) in [7, 11) is 0. The summed E-state index contributed by atoms with van der Waals surface area (Å²) >= 11 is 2.00. The van der Waals surface area contributed by atoms with Crippen LogP contribution in [-0.2, 0) is 4.79 Å². The smallest absolute Gasteiger partial charge is 0.298 e. The lowest BCUT2D eigenvalue weighted by molar-refractivity contribution is -0.112. The molecule has 4 nitrogen and oxygen atoms in total. The highest BCUT2D eigenvalue weighted by atomic mass is 127. The van der Waals surface area contributed by atoms with Crippen molar-refractivity contribution < 1.29 is 9.59 Å². The third kappa shape index (κ3) is 0.927. The van der Waals surface area contributed by atoms with Gasteiger partial charge in [0.2, 0.25) is 0 Å². The molecule has 2 heterocycles. The Morgan fingerprint density at radius 3 is 2.83 bits per heavy atom. The summed E-state index contributed by atoms with van der Waals surface area (Å²) in [6.45, 7) is 0. The monoisotopic (exact) mass is 274 g/mol. The van der Waals surface area contributed by atoms with Crippen molar-refractivity contribution in [2.75, 3.05) is 5.32 Å². The van der Waals surface area contributed by atoms with Crippen LogP contribution in [0.2, 0.25) is 0 Å². The van der Waals surface area contributed by atoms with Gasteiger partial charge >= 0.3 is 0 Å². The van der Waals surface area contributed by atoms with Crippen LogP contribution >= 0.6 is 22.6 Å². The number of pyridine rings is 1. The van der Waals surface area contributed by atoms with Gasteiger partial charge in [-0.05, 0) is 28.7 Å². The van der Waals surface area contributed by atoms with Gasteiger partial charge in [-0.15, -0.1) is 0 Å². The summed E-state index contributed by atoms with van der Waals surface area (Å²) in [5.74, 6) is -0.721. The van der Waals surface area contributed by atoms with Gasteiger partial charge < -0.3 is 5.32 Å². The van der Waals surface area contributed by atoms with E-state index in [0.717, 1.165) is 3.57 Å². The number of carbonyl (C=O) groups excluding carboxylic acids is 2. The van der Waals surface area contributed by atoms with Crippen molar-refractivity contribution in [3.05, 3.63) is 21.4 Å². The van der Waals surface area contributed by atoms with Gasteiger partial charge in [0.25, 0.3) is 11.7 Å². The van der Waals surface area contributed by atoms with Gasteiger partial charge in [0.1, 0.15) is 5.82 Å². The zero-order chi connectivity index (χ0) is 8.72. The molecule has 1 aliphatic rings. The Morgan fingerprint density at radius 1 is 1.42 bits per heavy atom. The van der Waals surface area contributed by atoms with Gasteiger partial charge in [-0.2, -0.15) is 0 Å². The maximum Gasteiger partial charge on any atom is 0.298 e. The van der Waals surface area contributed by atoms with Crippen molar-refractivity contribution in [1.29, 1.82) is 0 Å². The predicted molar refractivity (Wildman–Crippen MR) is 49.9 cm³/mol. The van der Waals surface area contributed by atoms with E-state index in [2.05, 4.69) is 10.3 Å². The third-order valence-electron chi connectivity index (χ3n) is 1.57. The molecule has 1 aromatic heterocycles. The Labute approximate surface area is 81.5 Å². The van der Waals surface area contributed by atoms with E-state index in [1.54, 1.807) is 12.3 Å². The number of fused-ring (bicyclic) bond motifs is 1. The molecule has 0 spiro atoms. The number of rotatable bonds is 0. The molecule has 0 aliphatic carbocycles. The van der Waals surface area contributed by atoms with Crippen molar-refractivity contribution in [2.45, 2.75) is 0 Å². The fourth-order valence-corrected chi connectivity index (χ4v) is 1.69. The lowest BCUT2D eigenvalue weighted by Gasteiger charge is -1.95. The van der Waals surface area contributed by atoms with E-state index in [9.17, 15) is 9.59 Å². The van der Waals surface area contributed by atoms with Crippen LogP contribution in [0, 0.1) is 3.57 Å². The summed E-state index contributed by atoms with van der Waals surface area (Å²) < 4.78 is 0.751. The predicted octanol–water partition coefficient (Wildman–Crippen LogP) is 0.821. The van der Waals surface area contributed by atoms with E-state index in [1.807, 2.05) is 22.6 Å². The van der Waals surface area contributed by atoms with Crippen LogP contribution in [0.1, 0.15) is 10.4 Å². The summed E-state index contributed by atoms with van der Waals surface area (Å²) in [6, 6.07) is 1.69. The molecule has 1 aliphatic heterocycles. The molecule has 5 heteroatoms. The van der Waals surface area contributed by atoms with Crippen molar-refractivity contribution >= 4 is 40.1 Å². The summed E-state index contributed by atoms with van der Waals surface area (Å²) in [5, 5.41) is 2.38. The van der Waals surface area contributed by atoms with E-state index < -0.39 is 11.7 Å². The molecule has 0 saturated carbocycles. The number of carbonyl (C=O) groups is 2. The van der Waals surface area contributed by atoms with E-state index >= 15 is 0 Å². The van der Waals surface area contributed by atoms with Gasteiger partial charge in [0.15, 0.2) is 0 Å². The molecule has 12 heavy (non-hydrogen) atoms. The van der Waals surface area contributed by atoms with Gasteiger partial charge in [0, 0.05) is 9.77 Å². The quantitative estimate of drug-likeness (QED) is 0.563. The van der Waals surface area contributed by atoms with Crippen molar-refractivity contribution in [3.8, 4) is 0 Å². The number of nitrogens with zero attached hydrogens (tertiary/aromatic N) is 1. The highest BCUT2D eigenvalue weighted by molar-refractivity contribution is 14.1. The Balaban J connectivity index is 2.70. The zero-order valence-corrected chi connectivity index (χ0v) is 7.95. The van der Waals surface area contributed by atoms with Crippen molar-refractivity contribution in [1.82, 2.24) is 4.98 Å². The van der Waals surface area contributed by atoms with Crippen molar-refractivity contribution in [3.63, 3.8) is 0 Å². The number of amides is 1. The maximum absolute atomic E-state index is 11.2. The van der Waals surface area contributed by atoms with E-state index in [0.29, 0.717) is 11.4 Å². The molecule has 0 radical (unpaired) electrons. The molecule has 0 bridgehead atoms. The fraction of sp³-hybridized carbons (Fsp3) is 0. The van der Waals surface area contributed by atoms with E-state index in [-0.39, 0.29) is 0 Å². The second-order valence-electron chi connectivity index (χ2n) is 2.30. The number of anilines is 1. The lowest BCUT2D eigenvalue weighted by Crippen LogP contribution is -2.12. The molecule has 0 unspecified atom stereocenters. The maximum atomic E-state index is 11.2. The van der Waals surface area contributed by atoms with Crippen LogP contribution in [0.25, 0.3) is 0 Å². The standard InChI is InChI=1S/C7H3IN2O2/c8-3-1-2-9-6-4(3)5(11)7(12)10-6/h1-2H,(H,9,10,11,12). The normalized spacial score (nSPS) is 14.4. The molecule has 1 aromatic rings. The number of halogens is 1. The molecular formula is C7H3IN2O2. The number of hydrogen-bond donors (Lipinski definition) is 1. The highest BCUT2D eigenvalue weighted by Crippen LogP contribution is 2.24. The van der Waals surface area contributed by atoms with Gasteiger partial charge in [-0.1, -0.05) is 0 Å². The molecule has 0 atom stereocenters. The number of hydrogen-bond acceptors (Lipinski definition) is 3. The molecule has 2 rings (SSSR count). The summed E-state index contributed by atoms with van der Waals surface area (Å²) in [5.41, 5.74) is 0.392. The third-order valence-corrected chi connectivity index (χ3v) is 2.46. The van der Waals surface area contributed by atoms with Crippen LogP contribution in [0.15, 0.2) is 12.3 Å². The van der Waals surface area contributed by atoms with E-state index in [1.165, 1.54) is 0 Å². The molecular weight excluding hydrogens is 271 g/mol. The first kappa shape index (κ1) is 7.66. The van der Waals surface area contributed by atoms with Gasteiger partial charge in [-0.25, -0.2) is 4.98 Å². The Bertz CT molecular complexity index is 389. The Hall–Kier alpha value is -0.980. The molecule has 0 aromatic carbocycles. The minimum Gasteiger partial charge on any atom is -0.303 e. The fourth-order valence-electron chi connectivity index (χ4n) is 1.03. The second-order valence-corrected chi connectivity index (χ2v) is 3.46. The van der Waals surface area contributed by atoms with Crippen LogP contribution in [0.4, 0.5) is 5.82 Å².